The molecule has 1 N–H and O–H groups in total. The van der Waals surface area contributed by atoms with Gasteiger partial charge in [0.05, 0.1) is 5.69 Å². The summed E-state index contributed by atoms with van der Waals surface area (Å²) in [5, 5.41) is 12.1. The molecule has 0 atom stereocenters. The van der Waals surface area contributed by atoms with Crippen LogP contribution in [0.1, 0.15) is 16.7 Å². The van der Waals surface area contributed by atoms with Gasteiger partial charge in [0.2, 0.25) is 5.88 Å². The molecule has 0 saturated carbocycles. The number of ether oxygens (including phenoxy) is 1. The Kier molecular flexibility index (Phi) is 5.22. The van der Waals surface area contributed by atoms with Crippen molar-refractivity contribution in [2.75, 3.05) is 5.32 Å². The van der Waals surface area contributed by atoms with Crippen molar-refractivity contribution in [2.24, 2.45) is 0 Å². The maximum absolute atomic E-state index is 13.6. The third-order valence-electron chi connectivity index (χ3n) is 3.64. The standard InChI is InChI=1S/C20H16FN3O/c21-18-7-4-8-19(17(18)12-22)24-13-16-9-10-23-20(11-16)25-14-15-5-2-1-3-6-15/h1-11,24H,13-14H2. The van der Waals surface area contributed by atoms with E-state index in [4.69, 9.17) is 10.00 Å². The number of nitrogens with zero attached hydrogens (tertiary/aromatic N) is 2. The molecule has 0 aliphatic heterocycles. The molecule has 25 heavy (non-hydrogen) atoms. The van der Waals surface area contributed by atoms with Crippen molar-refractivity contribution < 1.29 is 9.13 Å². The molecule has 0 spiro atoms. The summed E-state index contributed by atoms with van der Waals surface area (Å²) in [5.41, 5.74) is 2.46. The molecule has 0 aliphatic carbocycles. The van der Waals surface area contributed by atoms with Crippen molar-refractivity contribution in [1.29, 1.82) is 5.26 Å². The predicted molar refractivity (Wildman–Crippen MR) is 93.5 cm³/mol. The fraction of sp³-hybridized carbons (Fsp3) is 0.100. The number of anilines is 1. The van der Waals surface area contributed by atoms with Gasteiger partial charge in [-0.1, -0.05) is 36.4 Å². The number of nitrogens with one attached hydrogen (secondary N) is 1. The van der Waals surface area contributed by atoms with Gasteiger partial charge in [-0.25, -0.2) is 9.37 Å². The summed E-state index contributed by atoms with van der Waals surface area (Å²) in [4.78, 5) is 4.19. The fourth-order valence-corrected chi connectivity index (χ4v) is 2.35. The van der Waals surface area contributed by atoms with E-state index in [2.05, 4.69) is 10.3 Å². The predicted octanol–water partition coefficient (Wildman–Crippen LogP) is 4.28. The van der Waals surface area contributed by atoms with Crippen LogP contribution in [0.25, 0.3) is 0 Å². The first-order chi connectivity index (χ1) is 12.3. The number of aromatic nitrogens is 1. The van der Waals surface area contributed by atoms with Crippen LogP contribution >= 0.6 is 0 Å². The van der Waals surface area contributed by atoms with Crippen LogP contribution in [0.4, 0.5) is 10.1 Å². The largest absolute Gasteiger partial charge is 0.473 e. The Morgan fingerprint density at radius 2 is 1.88 bits per heavy atom. The maximum Gasteiger partial charge on any atom is 0.213 e. The molecule has 124 valence electrons. The molecule has 0 saturated heterocycles. The summed E-state index contributed by atoms with van der Waals surface area (Å²) in [5.74, 6) is -0.0167. The van der Waals surface area contributed by atoms with E-state index >= 15 is 0 Å². The molecular weight excluding hydrogens is 317 g/mol. The molecule has 0 unspecified atom stereocenters. The lowest BCUT2D eigenvalue weighted by Gasteiger charge is -2.10. The average Bonchev–Trinajstić information content (AvgIpc) is 2.66. The van der Waals surface area contributed by atoms with Crippen molar-refractivity contribution in [3.8, 4) is 11.9 Å². The second-order valence-corrected chi connectivity index (χ2v) is 5.40. The smallest absolute Gasteiger partial charge is 0.213 e. The van der Waals surface area contributed by atoms with Gasteiger partial charge in [0.15, 0.2) is 0 Å². The zero-order valence-corrected chi connectivity index (χ0v) is 13.4. The molecule has 3 aromatic rings. The molecule has 0 fully saturated rings. The van der Waals surface area contributed by atoms with Gasteiger partial charge < -0.3 is 10.1 Å². The van der Waals surface area contributed by atoms with Gasteiger partial charge in [-0.05, 0) is 29.3 Å². The Morgan fingerprint density at radius 1 is 1.04 bits per heavy atom. The third-order valence-corrected chi connectivity index (χ3v) is 3.64. The molecule has 4 nitrogen and oxygen atoms in total. The molecule has 3 rings (SSSR count). The number of benzene rings is 2. The summed E-state index contributed by atoms with van der Waals surface area (Å²) in [6.07, 6.45) is 1.66. The molecule has 0 bridgehead atoms. The zero-order chi connectivity index (χ0) is 17.5. The average molecular weight is 333 g/mol. The van der Waals surface area contributed by atoms with E-state index in [0.29, 0.717) is 24.7 Å². The normalized spacial score (nSPS) is 10.1. The highest BCUT2D eigenvalue weighted by atomic mass is 19.1. The van der Waals surface area contributed by atoms with E-state index in [9.17, 15) is 4.39 Å². The molecule has 0 aliphatic rings. The summed E-state index contributed by atoms with van der Waals surface area (Å²) in [6, 6.07) is 19.9. The van der Waals surface area contributed by atoms with Crippen LogP contribution in [0.3, 0.4) is 0 Å². The van der Waals surface area contributed by atoms with Crippen LogP contribution in [-0.4, -0.2) is 4.98 Å². The number of nitriles is 1. The lowest BCUT2D eigenvalue weighted by atomic mass is 10.1. The topological polar surface area (TPSA) is 57.9 Å². The highest BCUT2D eigenvalue weighted by molar-refractivity contribution is 5.58. The van der Waals surface area contributed by atoms with E-state index in [1.165, 1.54) is 6.07 Å². The first kappa shape index (κ1) is 16.5. The number of halogens is 1. The number of hydrogen-bond acceptors (Lipinski definition) is 4. The fourth-order valence-electron chi connectivity index (χ4n) is 2.35. The Morgan fingerprint density at radius 3 is 2.68 bits per heavy atom. The Hall–Kier alpha value is -3.39. The lowest BCUT2D eigenvalue weighted by Crippen LogP contribution is -2.04. The number of rotatable bonds is 6. The maximum atomic E-state index is 13.6. The molecule has 2 aromatic carbocycles. The molecule has 1 heterocycles. The van der Waals surface area contributed by atoms with Gasteiger partial charge in [-0.3, -0.25) is 0 Å². The summed E-state index contributed by atoms with van der Waals surface area (Å²) in [7, 11) is 0. The van der Waals surface area contributed by atoms with Crippen LogP contribution < -0.4 is 10.1 Å². The van der Waals surface area contributed by atoms with E-state index in [0.717, 1.165) is 11.1 Å². The minimum Gasteiger partial charge on any atom is -0.473 e. The molecule has 0 amide bonds. The lowest BCUT2D eigenvalue weighted by molar-refractivity contribution is 0.293. The zero-order valence-electron chi connectivity index (χ0n) is 13.4. The molecule has 0 radical (unpaired) electrons. The van der Waals surface area contributed by atoms with E-state index in [-0.39, 0.29) is 5.56 Å². The number of hydrogen-bond donors (Lipinski definition) is 1. The molecular formula is C20H16FN3O. The van der Waals surface area contributed by atoms with Gasteiger partial charge >= 0.3 is 0 Å². The second-order valence-electron chi connectivity index (χ2n) is 5.40. The quantitative estimate of drug-likeness (QED) is 0.731. The van der Waals surface area contributed by atoms with Gasteiger partial charge in [0.25, 0.3) is 0 Å². The van der Waals surface area contributed by atoms with E-state index < -0.39 is 5.82 Å². The second kappa shape index (κ2) is 7.93. The van der Waals surface area contributed by atoms with Crippen LogP contribution in [0.5, 0.6) is 5.88 Å². The highest BCUT2D eigenvalue weighted by Crippen LogP contribution is 2.19. The Labute approximate surface area is 145 Å². The summed E-state index contributed by atoms with van der Waals surface area (Å²) < 4.78 is 19.3. The first-order valence-electron chi connectivity index (χ1n) is 7.80. The molecule has 1 aromatic heterocycles. The van der Waals surface area contributed by atoms with Crippen molar-refractivity contribution in [1.82, 2.24) is 4.98 Å². The van der Waals surface area contributed by atoms with Crippen molar-refractivity contribution in [3.05, 3.63) is 89.4 Å². The van der Waals surface area contributed by atoms with E-state index in [1.807, 2.05) is 48.5 Å². The van der Waals surface area contributed by atoms with Gasteiger partial charge in [0, 0.05) is 18.8 Å². The number of pyridine rings is 1. The van der Waals surface area contributed by atoms with Crippen LogP contribution in [0, 0.1) is 17.1 Å². The van der Waals surface area contributed by atoms with Crippen LogP contribution in [-0.2, 0) is 13.2 Å². The van der Waals surface area contributed by atoms with Gasteiger partial charge in [0.1, 0.15) is 24.1 Å². The van der Waals surface area contributed by atoms with E-state index in [1.54, 1.807) is 18.3 Å². The summed E-state index contributed by atoms with van der Waals surface area (Å²) in [6.45, 7) is 0.871. The minimum absolute atomic E-state index is 0.0112. The monoisotopic (exact) mass is 333 g/mol. The Bertz CT molecular complexity index is 891. The third kappa shape index (κ3) is 4.33. The SMILES string of the molecule is N#Cc1c(F)cccc1NCc1ccnc(OCc2ccccc2)c1. The minimum atomic E-state index is -0.533. The van der Waals surface area contributed by atoms with Crippen molar-refractivity contribution >= 4 is 5.69 Å². The first-order valence-corrected chi connectivity index (χ1v) is 7.80. The Balaban J connectivity index is 1.64. The van der Waals surface area contributed by atoms with Crippen LogP contribution in [0.15, 0.2) is 66.9 Å². The highest BCUT2D eigenvalue weighted by Gasteiger charge is 2.07. The molecule has 5 heteroatoms. The van der Waals surface area contributed by atoms with Gasteiger partial charge in [-0.15, -0.1) is 0 Å². The van der Waals surface area contributed by atoms with Crippen LogP contribution in [0.2, 0.25) is 0 Å². The van der Waals surface area contributed by atoms with Gasteiger partial charge in [-0.2, -0.15) is 5.26 Å². The summed E-state index contributed by atoms with van der Waals surface area (Å²) >= 11 is 0. The van der Waals surface area contributed by atoms with Crippen molar-refractivity contribution in [2.45, 2.75) is 13.2 Å². The van der Waals surface area contributed by atoms with Crippen molar-refractivity contribution in [3.63, 3.8) is 0 Å².